The number of benzene rings is 1. The molecule has 1 heterocycles. The third-order valence-corrected chi connectivity index (χ3v) is 3.87. The second kappa shape index (κ2) is 4.29. The number of anilines is 1. The van der Waals surface area contributed by atoms with Crippen molar-refractivity contribution < 1.29 is 0 Å². The van der Waals surface area contributed by atoms with E-state index in [0.717, 1.165) is 19.4 Å². The first-order valence-corrected chi connectivity index (χ1v) is 6.23. The molecule has 2 rings (SSSR count). The molecule has 0 amide bonds. The number of rotatable bonds is 2. The van der Waals surface area contributed by atoms with Gasteiger partial charge in [0.1, 0.15) is 5.51 Å². The lowest BCUT2D eigenvalue weighted by Crippen LogP contribution is -1.87. The highest BCUT2D eigenvalue weighted by molar-refractivity contribution is 9.10. The number of hydrogen-bond donors (Lipinski definition) is 1. The average molecular weight is 288 g/mol. The van der Waals surface area contributed by atoms with Crippen LogP contribution in [0, 0.1) is 0 Å². The average Bonchev–Trinajstić information content (AvgIpc) is 2.62. The zero-order valence-electron chi connectivity index (χ0n) is 6.98. The maximum atomic E-state index is 5.84. The van der Waals surface area contributed by atoms with Gasteiger partial charge in [-0.2, -0.15) is 0 Å². The van der Waals surface area contributed by atoms with Crippen molar-refractivity contribution in [3.05, 3.63) is 28.2 Å². The third kappa shape index (κ3) is 2.26. The fourth-order valence-corrected chi connectivity index (χ4v) is 2.75. The summed E-state index contributed by atoms with van der Waals surface area (Å²) in [7, 11) is 0. The Morgan fingerprint density at radius 1 is 1.43 bits per heavy atom. The van der Waals surface area contributed by atoms with E-state index in [0.29, 0.717) is 0 Å². The smallest absolute Gasteiger partial charge is 0.178 e. The van der Waals surface area contributed by atoms with Crippen molar-refractivity contribution >= 4 is 44.7 Å². The van der Waals surface area contributed by atoms with Crippen LogP contribution in [0.15, 0.2) is 37.4 Å². The van der Waals surface area contributed by atoms with Gasteiger partial charge in [0.2, 0.25) is 0 Å². The van der Waals surface area contributed by atoms with Gasteiger partial charge in [0.05, 0.1) is 0 Å². The number of hydrogen-bond acceptors (Lipinski definition) is 5. The molecule has 0 spiro atoms. The van der Waals surface area contributed by atoms with Gasteiger partial charge in [0.15, 0.2) is 4.34 Å². The summed E-state index contributed by atoms with van der Waals surface area (Å²) in [6.07, 6.45) is 0. The van der Waals surface area contributed by atoms with Gasteiger partial charge >= 0.3 is 0 Å². The molecule has 0 aliphatic heterocycles. The molecule has 2 N–H and O–H groups in total. The van der Waals surface area contributed by atoms with E-state index < -0.39 is 0 Å². The van der Waals surface area contributed by atoms with Crippen LogP contribution in [0.4, 0.5) is 5.69 Å². The van der Waals surface area contributed by atoms with E-state index in [2.05, 4.69) is 26.1 Å². The molecule has 0 saturated heterocycles. The van der Waals surface area contributed by atoms with E-state index in [1.807, 2.05) is 18.2 Å². The Morgan fingerprint density at radius 3 is 2.93 bits per heavy atom. The molecule has 0 aliphatic rings. The summed E-state index contributed by atoms with van der Waals surface area (Å²) in [5, 5.41) is 7.70. The fourth-order valence-electron chi connectivity index (χ4n) is 0.914. The van der Waals surface area contributed by atoms with Gasteiger partial charge in [0, 0.05) is 15.1 Å². The van der Waals surface area contributed by atoms with Crippen LogP contribution in [-0.2, 0) is 0 Å². The van der Waals surface area contributed by atoms with Crippen molar-refractivity contribution in [1.82, 2.24) is 10.2 Å². The largest absolute Gasteiger partial charge is 0.398 e. The highest BCUT2D eigenvalue weighted by Crippen LogP contribution is 2.33. The highest BCUT2D eigenvalue weighted by Gasteiger charge is 2.04. The first-order chi connectivity index (χ1) is 6.75. The summed E-state index contributed by atoms with van der Waals surface area (Å²) in [6.45, 7) is 0. The Labute approximate surface area is 97.9 Å². The molecule has 6 heteroatoms. The van der Waals surface area contributed by atoms with E-state index in [-0.39, 0.29) is 0 Å². The molecule has 0 bridgehead atoms. The molecule has 0 unspecified atom stereocenters. The van der Waals surface area contributed by atoms with Crippen LogP contribution in [-0.4, -0.2) is 10.2 Å². The molecule has 72 valence electrons. The van der Waals surface area contributed by atoms with Crippen molar-refractivity contribution in [2.24, 2.45) is 0 Å². The SMILES string of the molecule is Nc1cc(Br)ccc1Sc1nncs1. The summed E-state index contributed by atoms with van der Waals surface area (Å²) < 4.78 is 1.88. The first-order valence-electron chi connectivity index (χ1n) is 3.75. The zero-order valence-corrected chi connectivity index (χ0v) is 10.2. The second-order valence-corrected chi connectivity index (χ2v) is 5.53. The van der Waals surface area contributed by atoms with Crippen molar-refractivity contribution in [2.45, 2.75) is 9.24 Å². The van der Waals surface area contributed by atoms with Gasteiger partial charge in [-0.05, 0) is 18.2 Å². The first kappa shape index (κ1) is 9.95. The van der Waals surface area contributed by atoms with Crippen LogP contribution in [0.25, 0.3) is 0 Å². The highest BCUT2D eigenvalue weighted by atomic mass is 79.9. The predicted molar refractivity (Wildman–Crippen MR) is 62.6 cm³/mol. The van der Waals surface area contributed by atoms with Crippen molar-refractivity contribution in [3.63, 3.8) is 0 Å². The van der Waals surface area contributed by atoms with E-state index in [1.165, 1.54) is 23.1 Å². The van der Waals surface area contributed by atoms with Crippen LogP contribution in [0.3, 0.4) is 0 Å². The summed E-state index contributed by atoms with van der Waals surface area (Å²) >= 11 is 6.39. The molecule has 3 nitrogen and oxygen atoms in total. The van der Waals surface area contributed by atoms with Crippen molar-refractivity contribution in [2.75, 3.05) is 5.73 Å². The number of nitrogens with zero attached hydrogens (tertiary/aromatic N) is 2. The number of nitrogen functional groups attached to an aromatic ring is 1. The van der Waals surface area contributed by atoms with Gasteiger partial charge < -0.3 is 5.73 Å². The Balaban J connectivity index is 2.25. The summed E-state index contributed by atoms with van der Waals surface area (Å²) in [4.78, 5) is 1.00. The molecule has 0 radical (unpaired) electrons. The Bertz CT molecular complexity index is 430. The molecule has 1 aromatic heterocycles. The Kier molecular flexibility index (Phi) is 3.05. The molecular weight excluding hydrogens is 282 g/mol. The second-order valence-electron chi connectivity index (χ2n) is 2.49. The summed E-state index contributed by atoms with van der Waals surface area (Å²) in [6, 6.07) is 5.80. The van der Waals surface area contributed by atoms with Gasteiger partial charge in [-0.25, -0.2) is 0 Å². The van der Waals surface area contributed by atoms with Crippen LogP contribution in [0.2, 0.25) is 0 Å². The van der Waals surface area contributed by atoms with Gasteiger partial charge in [-0.1, -0.05) is 39.0 Å². The topological polar surface area (TPSA) is 51.8 Å². The van der Waals surface area contributed by atoms with Gasteiger partial charge in [0.25, 0.3) is 0 Å². The van der Waals surface area contributed by atoms with Gasteiger partial charge in [-0.3, -0.25) is 0 Å². The lowest BCUT2D eigenvalue weighted by molar-refractivity contribution is 1.01. The molecule has 0 fully saturated rings. The summed E-state index contributed by atoms with van der Waals surface area (Å²) in [5.74, 6) is 0. The molecule has 14 heavy (non-hydrogen) atoms. The number of halogens is 1. The standard InChI is InChI=1S/C8H6BrN3S2/c9-5-1-2-7(6(10)3-5)14-8-12-11-4-13-8/h1-4H,10H2. The summed E-state index contributed by atoms with van der Waals surface area (Å²) in [5.41, 5.74) is 8.30. The predicted octanol–water partition coefficient (Wildman–Crippen LogP) is 3.03. The van der Waals surface area contributed by atoms with E-state index in [4.69, 9.17) is 5.73 Å². The van der Waals surface area contributed by atoms with Crippen molar-refractivity contribution in [3.8, 4) is 0 Å². The fraction of sp³-hybridized carbons (Fsp3) is 0. The van der Waals surface area contributed by atoms with Crippen molar-refractivity contribution in [1.29, 1.82) is 0 Å². The number of nitrogens with two attached hydrogens (primary N) is 1. The molecule has 0 atom stereocenters. The van der Waals surface area contributed by atoms with E-state index in [1.54, 1.807) is 5.51 Å². The third-order valence-electron chi connectivity index (χ3n) is 1.51. The Hall–Kier alpha value is -0.590. The van der Waals surface area contributed by atoms with E-state index in [9.17, 15) is 0 Å². The molecule has 0 saturated carbocycles. The molecule has 1 aromatic carbocycles. The Morgan fingerprint density at radius 2 is 2.29 bits per heavy atom. The minimum Gasteiger partial charge on any atom is -0.398 e. The van der Waals surface area contributed by atoms with Crippen LogP contribution >= 0.6 is 39.0 Å². The maximum Gasteiger partial charge on any atom is 0.178 e. The molecule has 0 aliphatic carbocycles. The zero-order chi connectivity index (χ0) is 9.97. The van der Waals surface area contributed by atoms with E-state index >= 15 is 0 Å². The van der Waals surface area contributed by atoms with Crippen LogP contribution in [0.1, 0.15) is 0 Å². The monoisotopic (exact) mass is 287 g/mol. The lowest BCUT2D eigenvalue weighted by Gasteiger charge is -2.02. The van der Waals surface area contributed by atoms with Gasteiger partial charge in [-0.15, -0.1) is 10.2 Å². The molecule has 2 aromatic rings. The minimum absolute atomic E-state index is 0.750. The number of aromatic nitrogens is 2. The maximum absolute atomic E-state index is 5.84. The quantitative estimate of drug-likeness (QED) is 0.863. The van der Waals surface area contributed by atoms with Crippen LogP contribution < -0.4 is 5.73 Å². The molecular formula is C8H6BrN3S2. The minimum atomic E-state index is 0.750. The van der Waals surface area contributed by atoms with Crippen LogP contribution in [0.5, 0.6) is 0 Å². The lowest BCUT2D eigenvalue weighted by atomic mass is 10.3. The normalized spacial score (nSPS) is 10.4.